The van der Waals surface area contributed by atoms with E-state index in [9.17, 15) is 43.2 Å². The van der Waals surface area contributed by atoms with E-state index in [4.69, 9.17) is 37.0 Å². The second kappa shape index (κ2) is 73.8. The lowest BCUT2D eigenvalue weighted by molar-refractivity contribution is -0.161. The van der Waals surface area contributed by atoms with E-state index in [0.29, 0.717) is 31.6 Å². The second-order valence-electron chi connectivity index (χ2n) is 32.2. The number of hydrogen-bond donors (Lipinski definition) is 3. The van der Waals surface area contributed by atoms with Crippen LogP contribution >= 0.6 is 15.6 Å². The van der Waals surface area contributed by atoms with Crippen LogP contribution in [-0.4, -0.2) is 96.7 Å². The first kappa shape index (κ1) is 102. The number of carbonyl (C=O) groups excluding carboxylic acids is 4. The molecule has 0 spiro atoms. The first-order chi connectivity index (χ1) is 50.1. The highest BCUT2D eigenvalue weighted by molar-refractivity contribution is 7.47. The number of carbonyl (C=O) groups is 4. The van der Waals surface area contributed by atoms with Crippen LogP contribution in [-0.2, 0) is 65.4 Å². The fourth-order valence-electron chi connectivity index (χ4n) is 13.1. The van der Waals surface area contributed by atoms with E-state index in [1.807, 2.05) is 0 Å². The molecule has 0 aliphatic heterocycles. The Morgan fingerprint density at radius 2 is 0.462 bits per heavy atom. The number of aliphatic hydroxyl groups excluding tert-OH is 1. The lowest BCUT2D eigenvalue weighted by Gasteiger charge is -2.21. The Bertz CT molecular complexity index is 2030. The van der Waals surface area contributed by atoms with E-state index >= 15 is 0 Å². The molecular formula is C85H166O17P2. The molecule has 0 heterocycles. The Morgan fingerprint density at radius 3 is 0.683 bits per heavy atom. The molecule has 0 radical (unpaired) electrons. The van der Waals surface area contributed by atoms with Crippen molar-refractivity contribution in [3.05, 3.63) is 0 Å². The topological polar surface area (TPSA) is 237 Å². The molecule has 618 valence electrons. The molecule has 0 aromatic rings. The van der Waals surface area contributed by atoms with Crippen LogP contribution in [0.25, 0.3) is 0 Å². The summed E-state index contributed by atoms with van der Waals surface area (Å²) in [5, 5.41) is 10.7. The molecule has 6 atom stereocenters. The quantitative estimate of drug-likeness (QED) is 0.0222. The van der Waals surface area contributed by atoms with Crippen molar-refractivity contribution >= 4 is 39.5 Å². The minimum absolute atomic E-state index is 0.107. The van der Waals surface area contributed by atoms with E-state index in [2.05, 4.69) is 55.4 Å². The van der Waals surface area contributed by atoms with Gasteiger partial charge in [-0.05, 0) is 49.4 Å². The molecule has 19 heteroatoms. The molecule has 0 aliphatic carbocycles. The lowest BCUT2D eigenvalue weighted by atomic mass is 9.99. The van der Waals surface area contributed by atoms with Crippen molar-refractivity contribution in [2.75, 3.05) is 39.6 Å². The largest absolute Gasteiger partial charge is 0.472 e. The van der Waals surface area contributed by atoms with Crippen molar-refractivity contribution in [3.8, 4) is 0 Å². The minimum atomic E-state index is -4.97. The van der Waals surface area contributed by atoms with Gasteiger partial charge in [0.1, 0.15) is 19.3 Å². The van der Waals surface area contributed by atoms with E-state index in [1.165, 1.54) is 238 Å². The highest BCUT2D eigenvalue weighted by Crippen LogP contribution is 2.45. The SMILES string of the molecule is CCC(C)CCCCCCCCCCCCCCCCC(=O)O[C@H](COC(=O)CCCCCCCCCCCCCCCCCC(C)C)COP(=O)(O)OCC(O)COP(=O)(O)OC[C@@H](COC(=O)CCCCCCCCCC(C)C)OC(=O)CCCCCCCCCCCCCCCCCC(C)C. The van der Waals surface area contributed by atoms with Gasteiger partial charge in [-0.3, -0.25) is 37.3 Å². The number of phosphoric acid groups is 2. The van der Waals surface area contributed by atoms with Gasteiger partial charge in [-0.2, -0.15) is 0 Å². The maximum atomic E-state index is 13.1. The van der Waals surface area contributed by atoms with Gasteiger partial charge in [0.15, 0.2) is 12.2 Å². The Hall–Kier alpha value is -1.94. The predicted molar refractivity (Wildman–Crippen MR) is 428 cm³/mol. The van der Waals surface area contributed by atoms with Crippen LogP contribution in [0.5, 0.6) is 0 Å². The third-order valence-corrected chi connectivity index (χ3v) is 22.1. The molecule has 17 nitrogen and oxygen atoms in total. The van der Waals surface area contributed by atoms with Crippen LogP contribution in [0.4, 0.5) is 0 Å². The summed E-state index contributed by atoms with van der Waals surface area (Å²) < 4.78 is 68.9. The van der Waals surface area contributed by atoms with Gasteiger partial charge < -0.3 is 33.8 Å². The van der Waals surface area contributed by atoms with Gasteiger partial charge in [-0.25, -0.2) is 9.13 Å². The zero-order valence-corrected chi connectivity index (χ0v) is 70.5. The van der Waals surface area contributed by atoms with E-state index in [1.54, 1.807) is 0 Å². The summed E-state index contributed by atoms with van der Waals surface area (Å²) in [6.07, 6.45) is 62.5. The molecule has 4 unspecified atom stereocenters. The number of esters is 4. The Kier molecular flexibility index (Phi) is 72.5. The predicted octanol–water partition coefficient (Wildman–Crippen LogP) is 25.6. The summed E-state index contributed by atoms with van der Waals surface area (Å²) in [7, 11) is -9.93. The van der Waals surface area contributed by atoms with Crippen molar-refractivity contribution in [3.63, 3.8) is 0 Å². The zero-order chi connectivity index (χ0) is 76.7. The summed E-state index contributed by atoms with van der Waals surface area (Å²) in [6, 6.07) is 0. The van der Waals surface area contributed by atoms with Crippen molar-refractivity contribution in [1.29, 1.82) is 0 Å². The Labute approximate surface area is 638 Å². The number of phosphoric ester groups is 2. The van der Waals surface area contributed by atoms with Crippen LogP contribution < -0.4 is 0 Å². The molecule has 0 bridgehead atoms. The highest BCUT2D eigenvalue weighted by atomic mass is 31.2. The fraction of sp³-hybridized carbons (Fsp3) is 0.953. The number of rotatable bonds is 82. The fourth-order valence-corrected chi connectivity index (χ4v) is 14.7. The maximum Gasteiger partial charge on any atom is 0.472 e. The molecule has 0 rings (SSSR count). The van der Waals surface area contributed by atoms with Crippen molar-refractivity contribution in [1.82, 2.24) is 0 Å². The molecule has 0 aromatic carbocycles. The standard InChI is InChI=1S/C85H166O17P2/c1-9-78(8)64-56-48-40-32-26-20-16-17-23-29-35-43-52-60-68-84(89)101-80(71-95-82(87)65-57-49-41-33-27-21-14-10-12-18-24-30-37-45-53-61-75(2)3)73-99-103(91,92)97-69-79(86)70-98-104(93,94)100-74-81(72-96-83(88)66-58-50-44-36-39-47-55-63-77(6)7)102-85(90)67-59-51-42-34-28-22-15-11-13-19-25-31-38-46-54-62-76(4)5/h75-81,86H,9-74H2,1-8H3,(H,91,92)(H,93,94)/t78?,79?,80-,81-/m1/s1. The second-order valence-corrected chi connectivity index (χ2v) is 35.2. The summed E-state index contributed by atoms with van der Waals surface area (Å²) in [4.78, 5) is 73.2. The van der Waals surface area contributed by atoms with Crippen LogP contribution in [0.3, 0.4) is 0 Å². The molecule has 0 fully saturated rings. The van der Waals surface area contributed by atoms with Gasteiger partial charge in [-0.1, -0.05) is 389 Å². The van der Waals surface area contributed by atoms with Gasteiger partial charge in [-0.15, -0.1) is 0 Å². The molecule has 0 aromatic heterocycles. The van der Waals surface area contributed by atoms with E-state index in [-0.39, 0.29) is 25.7 Å². The molecule has 0 saturated heterocycles. The van der Waals surface area contributed by atoms with Crippen LogP contribution in [0.2, 0.25) is 0 Å². The number of hydrogen-bond acceptors (Lipinski definition) is 15. The van der Waals surface area contributed by atoms with E-state index < -0.39 is 97.5 Å². The highest BCUT2D eigenvalue weighted by Gasteiger charge is 2.30. The van der Waals surface area contributed by atoms with Crippen LogP contribution in [0.1, 0.15) is 441 Å². The van der Waals surface area contributed by atoms with Gasteiger partial charge in [0, 0.05) is 25.7 Å². The Balaban J connectivity index is 5.24. The number of unbranched alkanes of at least 4 members (excludes halogenated alkanes) is 47. The molecule has 3 N–H and O–H groups in total. The summed E-state index contributed by atoms with van der Waals surface area (Å²) in [5.74, 6) is 1.05. The van der Waals surface area contributed by atoms with E-state index in [0.717, 1.165) is 114 Å². The molecular weight excluding hydrogens is 1350 g/mol. The number of ether oxygens (including phenoxy) is 4. The first-order valence-electron chi connectivity index (χ1n) is 43.7. The summed E-state index contributed by atoms with van der Waals surface area (Å²) in [5.41, 5.74) is 0. The van der Waals surface area contributed by atoms with Crippen LogP contribution in [0.15, 0.2) is 0 Å². The van der Waals surface area contributed by atoms with Gasteiger partial charge >= 0.3 is 39.5 Å². The van der Waals surface area contributed by atoms with Crippen molar-refractivity contribution in [2.45, 2.75) is 459 Å². The summed E-state index contributed by atoms with van der Waals surface area (Å²) in [6.45, 7) is 14.3. The molecule has 0 saturated carbocycles. The average Bonchev–Trinajstić information content (AvgIpc) is 0.919. The average molecular weight is 1520 g/mol. The number of aliphatic hydroxyl groups is 1. The maximum absolute atomic E-state index is 13.1. The first-order valence-corrected chi connectivity index (χ1v) is 46.7. The lowest BCUT2D eigenvalue weighted by Crippen LogP contribution is -2.30. The van der Waals surface area contributed by atoms with Gasteiger partial charge in [0.05, 0.1) is 26.4 Å². The minimum Gasteiger partial charge on any atom is -0.462 e. The monoisotopic (exact) mass is 1520 g/mol. The van der Waals surface area contributed by atoms with Crippen LogP contribution in [0, 0.1) is 23.7 Å². The third-order valence-electron chi connectivity index (χ3n) is 20.2. The van der Waals surface area contributed by atoms with Gasteiger partial charge in [0.2, 0.25) is 0 Å². The Morgan fingerprint density at radius 1 is 0.269 bits per heavy atom. The van der Waals surface area contributed by atoms with Crippen molar-refractivity contribution < 1.29 is 80.2 Å². The zero-order valence-electron chi connectivity index (χ0n) is 68.7. The normalized spacial score (nSPS) is 14.2. The van der Waals surface area contributed by atoms with Gasteiger partial charge in [0.25, 0.3) is 0 Å². The molecule has 0 aliphatic rings. The molecule has 104 heavy (non-hydrogen) atoms. The third kappa shape index (κ3) is 76.8. The smallest absolute Gasteiger partial charge is 0.462 e. The molecule has 0 amide bonds. The summed E-state index contributed by atoms with van der Waals surface area (Å²) >= 11 is 0. The van der Waals surface area contributed by atoms with Crippen molar-refractivity contribution in [2.24, 2.45) is 23.7 Å².